The molecule has 38 heavy (non-hydrogen) atoms. The van der Waals surface area contributed by atoms with Crippen LogP contribution in [0.5, 0.6) is 0 Å². The van der Waals surface area contributed by atoms with Crippen molar-refractivity contribution in [3.05, 3.63) is 77.1 Å². The maximum atomic E-state index is 13.0. The van der Waals surface area contributed by atoms with Crippen molar-refractivity contribution in [3.63, 3.8) is 0 Å². The molecule has 3 heterocycles. The molecular formula is C28H27F3N4O3. The molecule has 0 saturated carbocycles. The Morgan fingerprint density at radius 2 is 1.92 bits per heavy atom. The highest BCUT2D eigenvalue weighted by Crippen LogP contribution is 2.39. The summed E-state index contributed by atoms with van der Waals surface area (Å²) in [6.45, 7) is 3.69. The zero-order valence-electron chi connectivity index (χ0n) is 20.9. The first-order chi connectivity index (χ1) is 18.2. The van der Waals surface area contributed by atoms with Gasteiger partial charge >= 0.3 is 6.18 Å². The molecule has 5 rings (SSSR count). The summed E-state index contributed by atoms with van der Waals surface area (Å²) >= 11 is 0. The summed E-state index contributed by atoms with van der Waals surface area (Å²) in [6, 6.07) is 13.4. The van der Waals surface area contributed by atoms with Crippen molar-refractivity contribution >= 4 is 23.2 Å². The van der Waals surface area contributed by atoms with Gasteiger partial charge in [0.05, 0.1) is 25.2 Å². The van der Waals surface area contributed by atoms with Crippen LogP contribution in [-0.4, -0.2) is 49.6 Å². The number of fused-ring (bicyclic) bond motifs is 3. The van der Waals surface area contributed by atoms with Crippen LogP contribution in [-0.2, 0) is 22.1 Å². The molecule has 3 aromatic rings. The number of morpholine rings is 1. The van der Waals surface area contributed by atoms with Crippen molar-refractivity contribution in [2.24, 2.45) is 5.92 Å². The first-order valence-electron chi connectivity index (χ1n) is 12.3. The predicted octanol–water partition coefficient (Wildman–Crippen LogP) is 4.45. The lowest BCUT2D eigenvalue weighted by Crippen LogP contribution is -2.56. The topological polar surface area (TPSA) is 83.6 Å². The lowest BCUT2D eigenvalue weighted by molar-refractivity contribution is -0.141. The summed E-state index contributed by atoms with van der Waals surface area (Å²) in [4.78, 5) is 30.9. The van der Waals surface area contributed by atoms with E-state index in [0.29, 0.717) is 31.9 Å². The number of nitrogens with one attached hydrogen (secondary N) is 2. The zero-order valence-corrected chi connectivity index (χ0v) is 20.9. The number of hydrogen-bond donors (Lipinski definition) is 2. The van der Waals surface area contributed by atoms with Gasteiger partial charge in [-0.15, -0.1) is 0 Å². The molecule has 10 heteroatoms. The molecule has 2 aliphatic rings. The predicted molar refractivity (Wildman–Crippen MR) is 137 cm³/mol. The molecule has 0 bridgehead atoms. The number of amides is 2. The molecule has 198 valence electrons. The second kappa shape index (κ2) is 10.1. The van der Waals surface area contributed by atoms with Crippen LogP contribution < -0.4 is 15.5 Å². The second-order valence-corrected chi connectivity index (χ2v) is 9.52. The second-order valence-electron chi connectivity index (χ2n) is 9.52. The van der Waals surface area contributed by atoms with Gasteiger partial charge in [-0.1, -0.05) is 18.2 Å². The van der Waals surface area contributed by atoms with Gasteiger partial charge in [0.15, 0.2) is 0 Å². The van der Waals surface area contributed by atoms with Gasteiger partial charge in [-0.3, -0.25) is 14.6 Å². The molecule has 0 spiro atoms. The Balaban J connectivity index is 1.44. The fraction of sp³-hybridized carbons (Fsp3) is 0.321. The van der Waals surface area contributed by atoms with Crippen molar-refractivity contribution in [2.75, 3.05) is 37.0 Å². The van der Waals surface area contributed by atoms with E-state index >= 15 is 0 Å². The molecule has 0 unspecified atom stereocenters. The van der Waals surface area contributed by atoms with Gasteiger partial charge < -0.3 is 20.3 Å². The normalized spacial score (nSPS) is 18.8. The third kappa shape index (κ3) is 4.96. The minimum atomic E-state index is -4.64. The van der Waals surface area contributed by atoms with Crippen LogP contribution in [0.3, 0.4) is 0 Å². The van der Waals surface area contributed by atoms with E-state index in [0.717, 1.165) is 40.2 Å². The number of pyridine rings is 1. The fourth-order valence-electron chi connectivity index (χ4n) is 5.19. The number of aromatic nitrogens is 1. The van der Waals surface area contributed by atoms with Crippen molar-refractivity contribution in [1.29, 1.82) is 0 Å². The van der Waals surface area contributed by atoms with Gasteiger partial charge in [0.2, 0.25) is 5.91 Å². The average molecular weight is 525 g/mol. The summed E-state index contributed by atoms with van der Waals surface area (Å²) < 4.78 is 44.8. The highest BCUT2D eigenvalue weighted by Gasteiger charge is 2.40. The van der Waals surface area contributed by atoms with Gasteiger partial charge in [0, 0.05) is 36.7 Å². The average Bonchev–Trinajstić information content (AvgIpc) is 2.92. The number of hydrogen-bond acceptors (Lipinski definition) is 5. The molecule has 1 aromatic heterocycles. The SMILES string of the molecule is CNC(=O)[C@H]1Cc2ccc(-c3cc(NC(=O)c4ccnc(C(F)(F)F)c4)ccc3C)cc2N2CCOC[C@H]12. The van der Waals surface area contributed by atoms with E-state index in [2.05, 4.69) is 26.6 Å². The van der Waals surface area contributed by atoms with Crippen LogP contribution in [0.4, 0.5) is 24.5 Å². The van der Waals surface area contributed by atoms with Crippen LogP contribution in [0.15, 0.2) is 54.7 Å². The van der Waals surface area contributed by atoms with Gasteiger partial charge in [0.1, 0.15) is 5.69 Å². The Morgan fingerprint density at radius 1 is 1.11 bits per heavy atom. The molecule has 2 amide bonds. The number of anilines is 2. The van der Waals surface area contributed by atoms with Crippen molar-refractivity contribution < 1.29 is 27.5 Å². The van der Waals surface area contributed by atoms with E-state index in [4.69, 9.17) is 4.74 Å². The Labute approximate surface area is 218 Å². The number of carbonyl (C=O) groups is 2. The first-order valence-corrected chi connectivity index (χ1v) is 12.3. The molecular weight excluding hydrogens is 497 g/mol. The molecule has 7 nitrogen and oxygen atoms in total. The van der Waals surface area contributed by atoms with Gasteiger partial charge in [-0.2, -0.15) is 13.2 Å². The first kappa shape index (κ1) is 25.7. The molecule has 2 aromatic carbocycles. The van der Waals surface area contributed by atoms with Crippen LogP contribution in [0.2, 0.25) is 0 Å². The molecule has 2 N–H and O–H groups in total. The fourth-order valence-corrected chi connectivity index (χ4v) is 5.19. The van der Waals surface area contributed by atoms with Crippen LogP contribution in [0.25, 0.3) is 11.1 Å². The monoisotopic (exact) mass is 524 g/mol. The minimum absolute atomic E-state index is 0.00364. The van der Waals surface area contributed by atoms with Crippen molar-refractivity contribution in [3.8, 4) is 11.1 Å². The van der Waals surface area contributed by atoms with Crippen molar-refractivity contribution in [1.82, 2.24) is 10.3 Å². The summed E-state index contributed by atoms with van der Waals surface area (Å²) in [5.41, 5.74) is 4.14. The Morgan fingerprint density at radius 3 is 2.68 bits per heavy atom. The van der Waals surface area contributed by atoms with Gasteiger partial charge in [0.25, 0.3) is 5.91 Å². The third-order valence-corrected chi connectivity index (χ3v) is 7.17. The summed E-state index contributed by atoms with van der Waals surface area (Å²) in [5, 5.41) is 5.47. The quantitative estimate of drug-likeness (QED) is 0.527. The molecule has 0 aliphatic carbocycles. The number of rotatable bonds is 4. The van der Waals surface area contributed by atoms with Gasteiger partial charge in [-0.05, 0) is 65.9 Å². The maximum absolute atomic E-state index is 13.0. The number of alkyl halides is 3. The largest absolute Gasteiger partial charge is 0.433 e. The van der Waals surface area contributed by atoms with E-state index in [1.165, 1.54) is 6.07 Å². The lowest BCUT2D eigenvalue weighted by Gasteiger charge is -2.45. The number of benzene rings is 2. The summed E-state index contributed by atoms with van der Waals surface area (Å²) in [7, 11) is 1.65. The van der Waals surface area contributed by atoms with E-state index in [9.17, 15) is 22.8 Å². The van der Waals surface area contributed by atoms with E-state index < -0.39 is 17.8 Å². The number of carbonyl (C=O) groups excluding carboxylic acids is 2. The van der Waals surface area contributed by atoms with Crippen LogP contribution in [0, 0.1) is 12.8 Å². The molecule has 0 radical (unpaired) electrons. The highest BCUT2D eigenvalue weighted by atomic mass is 19.4. The lowest BCUT2D eigenvalue weighted by atomic mass is 9.83. The number of aryl methyl sites for hydroxylation is 1. The van der Waals surface area contributed by atoms with E-state index in [1.54, 1.807) is 13.1 Å². The third-order valence-electron chi connectivity index (χ3n) is 7.17. The molecule has 1 fully saturated rings. The number of halogens is 3. The molecule has 1 saturated heterocycles. The maximum Gasteiger partial charge on any atom is 0.433 e. The molecule has 2 aliphatic heterocycles. The number of ether oxygens (including phenoxy) is 1. The number of nitrogens with zero attached hydrogens (tertiary/aromatic N) is 2. The Hall–Kier alpha value is -3.92. The Kier molecular flexibility index (Phi) is 6.83. The summed E-state index contributed by atoms with van der Waals surface area (Å²) in [6.07, 6.45) is -3.06. The molecule has 2 atom stereocenters. The van der Waals surface area contributed by atoms with Gasteiger partial charge in [-0.25, -0.2) is 0 Å². The minimum Gasteiger partial charge on any atom is -0.377 e. The Bertz CT molecular complexity index is 1390. The van der Waals surface area contributed by atoms with Crippen molar-refractivity contribution in [2.45, 2.75) is 25.6 Å². The summed E-state index contributed by atoms with van der Waals surface area (Å²) in [5.74, 6) is -0.865. The van der Waals surface area contributed by atoms with Crippen LogP contribution >= 0.6 is 0 Å². The van der Waals surface area contributed by atoms with E-state index in [-0.39, 0.29) is 23.4 Å². The highest BCUT2D eigenvalue weighted by molar-refractivity contribution is 6.04. The van der Waals surface area contributed by atoms with E-state index in [1.807, 2.05) is 31.2 Å². The zero-order chi connectivity index (χ0) is 27.0. The smallest absolute Gasteiger partial charge is 0.377 e. The van der Waals surface area contributed by atoms with Crippen LogP contribution in [0.1, 0.15) is 27.2 Å². The standard InChI is InChI=1S/C28H27F3N4O3/c1-16-3-6-20(34-26(36)19-7-8-33-25(13-19)28(29,30)31)14-21(16)17-4-5-18-11-22(27(37)32-2)24-15-38-10-9-35(24)23(18)12-17/h3-8,12-14,22,24H,9-11,15H2,1-2H3,(H,32,37)(H,34,36)/t22-,24+/m0/s1.